The van der Waals surface area contributed by atoms with Crippen molar-refractivity contribution in [2.75, 3.05) is 0 Å². The third-order valence-corrected chi connectivity index (χ3v) is 3.88. The second kappa shape index (κ2) is 9.86. The lowest BCUT2D eigenvalue weighted by Crippen LogP contribution is -2.41. The van der Waals surface area contributed by atoms with Crippen LogP contribution < -0.4 is 4.57 Å². The van der Waals surface area contributed by atoms with Crippen molar-refractivity contribution in [1.29, 1.82) is 0 Å². The number of rotatable bonds is 11. The van der Waals surface area contributed by atoms with E-state index in [4.69, 9.17) is 0 Å². The molecular weight excluding hydrogens is 298 g/mol. The number of hydrogen-bond donors (Lipinski definition) is 0. The van der Waals surface area contributed by atoms with Crippen molar-refractivity contribution >= 4 is 11.5 Å². The van der Waals surface area contributed by atoms with Crippen LogP contribution in [-0.4, -0.2) is 9.85 Å². The van der Waals surface area contributed by atoms with Crippen LogP contribution in [0.25, 0.3) is 0 Å². The summed E-state index contributed by atoms with van der Waals surface area (Å²) in [5, 5.41) is 22.4. The first-order chi connectivity index (χ1) is 11.0. The maximum Gasteiger partial charge on any atom is 0.508 e. The van der Waals surface area contributed by atoms with Gasteiger partial charge in [-0.3, -0.25) is 20.2 Å². The lowest BCUT2D eigenvalue weighted by atomic mass is 10.1. The second-order valence-corrected chi connectivity index (χ2v) is 5.75. The van der Waals surface area contributed by atoms with Crippen molar-refractivity contribution in [1.82, 2.24) is 0 Å². The molecule has 0 N–H and O–H groups in total. The molecule has 7 nitrogen and oxygen atoms in total. The van der Waals surface area contributed by atoms with Gasteiger partial charge in [0.05, 0.1) is 11.0 Å². The van der Waals surface area contributed by atoms with E-state index in [2.05, 4.69) is 13.8 Å². The number of unbranched alkanes of at least 4 members (excludes halogenated alkanes) is 5. The normalized spacial score (nSPS) is 10.7. The number of hydrogen-bond acceptors (Lipinski definition) is 4. The Morgan fingerprint density at radius 1 is 0.913 bits per heavy atom. The third kappa shape index (κ3) is 5.92. The maximum atomic E-state index is 11.3. The Balaban J connectivity index is 3.12. The smallest absolute Gasteiger partial charge is 0.258 e. The van der Waals surface area contributed by atoms with Crippen LogP contribution in [0.2, 0.25) is 0 Å². The summed E-state index contributed by atoms with van der Waals surface area (Å²) < 4.78 is 1.65. The molecule has 0 saturated heterocycles. The molecule has 7 heteroatoms. The number of nitrogens with zero attached hydrogens (tertiary/aromatic N) is 3. The number of pyridine rings is 1. The molecule has 0 fully saturated rings. The number of aromatic nitrogens is 1. The average Bonchev–Trinajstić information content (AvgIpc) is 2.51. The second-order valence-electron chi connectivity index (χ2n) is 5.75. The standard InChI is InChI=1S/C16H26N3O4/c1-3-5-7-9-11-17-14(10-8-6-4-2)12-15(18(20)21)13-16(17)19(22)23/h12-13H,3-11H2,1-2H3/q+1. The molecule has 1 aromatic heterocycles. The van der Waals surface area contributed by atoms with Crippen molar-refractivity contribution < 1.29 is 14.4 Å². The van der Waals surface area contributed by atoms with Gasteiger partial charge in [0.15, 0.2) is 18.3 Å². The first kappa shape index (κ1) is 19.0. The molecule has 0 spiro atoms. The molecule has 0 radical (unpaired) electrons. The summed E-state index contributed by atoms with van der Waals surface area (Å²) in [5.74, 6) is -0.179. The maximum absolute atomic E-state index is 11.3. The molecule has 0 unspecified atom stereocenters. The minimum atomic E-state index is -0.558. The predicted molar refractivity (Wildman–Crippen MR) is 87.3 cm³/mol. The van der Waals surface area contributed by atoms with Crippen molar-refractivity contribution in [2.24, 2.45) is 0 Å². The van der Waals surface area contributed by atoms with Gasteiger partial charge in [-0.1, -0.05) is 39.5 Å². The van der Waals surface area contributed by atoms with E-state index >= 15 is 0 Å². The SMILES string of the molecule is CCCCCC[n+]1c(CCCCC)cc([N+](=O)[O-])cc1[N+](=O)[O-]. The molecular formula is C16H26N3O4+. The van der Waals surface area contributed by atoms with E-state index in [-0.39, 0.29) is 11.5 Å². The van der Waals surface area contributed by atoms with E-state index < -0.39 is 9.85 Å². The van der Waals surface area contributed by atoms with Gasteiger partial charge in [-0.25, -0.2) is 0 Å². The first-order valence-electron chi connectivity index (χ1n) is 8.36. The van der Waals surface area contributed by atoms with Crippen LogP contribution in [0.3, 0.4) is 0 Å². The summed E-state index contributed by atoms with van der Waals surface area (Å²) in [7, 11) is 0. The molecule has 1 rings (SSSR count). The van der Waals surface area contributed by atoms with Crippen LogP contribution in [0.4, 0.5) is 11.5 Å². The summed E-state index contributed by atoms with van der Waals surface area (Å²) in [6.45, 7) is 4.72. The van der Waals surface area contributed by atoms with Gasteiger partial charge >= 0.3 is 5.82 Å². The van der Waals surface area contributed by atoms with Crippen molar-refractivity contribution in [3.8, 4) is 0 Å². The predicted octanol–water partition coefficient (Wildman–Crippen LogP) is 4.10. The van der Waals surface area contributed by atoms with Gasteiger partial charge < -0.3 is 0 Å². The highest BCUT2D eigenvalue weighted by atomic mass is 16.6. The van der Waals surface area contributed by atoms with E-state index in [0.717, 1.165) is 51.0 Å². The van der Waals surface area contributed by atoms with Crippen LogP contribution in [0.5, 0.6) is 0 Å². The summed E-state index contributed by atoms with van der Waals surface area (Å²) in [4.78, 5) is 21.3. The highest BCUT2D eigenvalue weighted by molar-refractivity contribution is 5.35. The van der Waals surface area contributed by atoms with Gasteiger partial charge in [-0.05, 0) is 12.8 Å². The zero-order valence-corrected chi connectivity index (χ0v) is 14.0. The highest BCUT2D eigenvalue weighted by Crippen LogP contribution is 2.20. The van der Waals surface area contributed by atoms with Crippen LogP contribution in [0.1, 0.15) is 64.5 Å². The Morgan fingerprint density at radius 3 is 2.13 bits per heavy atom. The van der Waals surface area contributed by atoms with Gasteiger partial charge in [-0.15, -0.1) is 4.57 Å². The Hall–Kier alpha value is -2.05. The van der Waals surface area contributed by atoms with Gasteiger partial charge in [-0.2, -0.15) is 0 Å². The molecule has 0 amide bonds. The van der Waals surface area contributed by atoms with Gasteiger partial charge in [0.2, 0.25) is 0 Å². The number of aryl methyl sites for hydroxylation is 1. The van der Waals surface area contributed by atoms with Gasteiger partial charge in [0.25, 0.3) is 5.69 Å². The Kier molecular flexibility index (Phi) is 8.15. The molecule has 0 aromatic carbocycles. The topological polar surface area (TPSA) is 90.2 Å². The van der Waals surface area contributed by atoms with E-state index in [9.17, 15) is 20.2 Å². The molecule has 0 aliphatic carbocycles. The Morgan fingerprint density at radius 2 is 1.57 bits per heavy atom. The van der Waals surface area contributed by atoms with Gasteiger partial charge in [0.1, 0.15) is 4.92 Å². The monoisotopic (exact) mass is 324 g/mol. The van der Waals surface area contributed by atoms with Crippen molar-refractivity contribution in [3.63, 3.8) is 0 Å². The highest BCUT2D eigenvalue weighted by Gasteiger charge is 2.30. The average molecular weight is 324 g/mol. The molecule has 23 heavy (non-hydrogen) atoms. The summed E-state index contributed by atoms with van der Waals surface area (Å²) in [5.41, 5.74) is 0.490. The van der Waals surface area contributed by atoms with Crippen LogP contribution in [-0.2, 0) is 13.0 Å². The van der Waals surface area contributed by atoms with E-state index in [1.54, 1.807) is 4.57 Å². The fourth-order valence-electron chi connectivity index (χ4n) is 2.62. The molecule has 0 aliphatic heterocycles. The summed E-state index contributed by atoms with van der Waals surface area (Å²) >= 11 is 0. The Labute approximate surface area is 136 Å². The largest absolute Gasteiger partial charge is 0.508 e. The quantitative estimate of drug-likeness (QED) is 0.265. The van der Waals surface area contributed by atoms with Crippen LogP contribution in [0, 0.1) is 20.2 Å². The van der Waals surface area contributed by atoms with Crippen molar-refractivity contribution in [2.45, 2.75) is 71.8 Å². The fraction of sp³-hybridized carbons (Fsp3) is 0.688. The van der Waals surface area contributed by atoms with E-state index in [1.807, 2.05) is 0 Å². The zero-order valence-electron chi connectivity index (χ0n) is 14.0. The fourth-order valence-corrected chi connectivity index (χ4v) is 2.62. The third-order valence-electron chi connectivity index (χ3n) is 3.88. The summed E-state index contributed by atoms with van der Waals surface area (Å²) in [6.07, 6.45) is 7.58. The lowest BCUT2D eigenvalue weighted by Gasteiger charge is -2.05. The molecule has 1 aromatic rings. The summed E-state index contributed by atoms with van der Waals surface area (Å²) in [6, 6.07) is 2.56. The molecule has 1 heterocycles. The lowest BCUT2D eigenvalue weighted by molar-refractivity contribution is -0.742. The number of nitro groups is 2. The van der Waals surface area contributed by atoms with E-state index in [0.29, 0.717) is 18.7 Å². The molecule has 0 saturated carbocycles. The molecule has 0 bridgehead atoms. The molecule has 0 aliphatic rings. The van der Waals surface area contributed by atoms with Crippen LogP contribution >= 0.6 is 0 Å². The minimum Gasteiger partial charge on any atom is -0.258 e. The zero-order chi connectivity index (χ0) is 17.2. The first-order valence-corrected chi connectivity index (χ1v) is 8.36. The van der Waals surface area contributed by atoms with Gasteiger partial charge in [0, 0.05) is 12.8 Å². The van der Waals surface area contributed by atoms with Crippen molar-refractivity contribution in [3.05, 3.63) is 38.1 Å². The molecule has 0 atom stereocenters. The Bertz CT molecular complexity index is 546. The van der Waals surface area contributed by atoms with E-state index in [1.165, 1.54) is 6.07 Å². The minimum absolute atomic E-state index is 0.179. The van der Waals surface area contributed by atoms with Crippen LogP contribution in [0.15, 0.2) is 12.1 Å². The molecule has 128 valence electrons.